The first-order valence-corrected chi connectivity index (χ1v) is 9.62. The van der Waals surface area contributed by atoms with E-state index in [1.54, 1.807) is 24.3 Å². The van der Waals surface area contributed by atoms with Crippen molar-refractivity contribution in [3.8, 4) is 0 Å². The molecule has 0 spiro atoms. The number of hydrogen-bond donors (Lipinski definition) is 0. The standard InChI is InChI=1S/C22H19F3N2O3/c23-22(24,25)14-5-3-6-15(11-14)27-20(28)18-9-2-1-8-17(18)19(21(27)29)13-26-12-16-7-4-10-30-16/h1-3,5-6,8-9,11,13,16,19H,4,7,10,12H2/t16-,19-/m0/s1. The van der Waals surface area contributed by atoms with Crippen LogP contribution in [-0.4, -0.2) is 37.3 Å². The maximum Gasteiger partial charge on any atom is 0.416 e. The molecule has 2 amide bonds. The maximum atomic E-state index is 13.2. The number of benzene rings is 2. The zero-order valence-corrected chi connectivity index (χ0v) is 15.9. The second-order valence-electron chi connectivity index (χ2n) is 7.24. The Hall–Kier alpha value is -3.00. The minimum atomic E-state index is -4.59. The van der Waals surface area contributed by atoms with E-state index in [2.05, 4.69) is 4.99 Å². The van der Waals surface area contributed by atoms with Crippen molar-refractivity contribution in [2.75, 3.05) is 18.1 Å². The van der Waals surface area contributed by atoms with Crippen molar-refractivity contribution in [2.45, 2.75) is 31.0 Å². The second-order valence-corrected chi connectivity index (χ2v) is 7.24. The molecule has 1 saturated heterocycles. The summed E-state index contributed by atoms with van der Waals surface area (Å²) in [6.45, 7) is 1.08. The van der Waals surface area contributed by atoms with Gasteiger partial charge in [-0.2, -0.15) is 13.2 Å². The Morgan fingerprint density at radius 2 is 1.93 bits per heavy atom. The molecular formula is C22H19F3N2O3. The van der Waals surface area contributed by atoms with Gasteiger partial charge in [-0.25, -0.2) is 4.90 Å². The lowest BCUT2D eigenvalue weighted by Crippen LogP contribution is -2.45. The van der Waals surface area contributed by atoms with Crippen molar-refractivity contribution in [3.05, 3.63) is 65.2 Å². The van der Waals surface area contributed by atoms with Gasteiger partial charge in [-0.05, 0) is 42.7 Å². The van der Waals surface area contributed by atoms with Crippen LogP contribution in [0.15, 0.2) is 53.5 Å². The third kappa shape index (κ3) is 3.87. The fourth-order valence-electron chi connectivity index (χ4n) is 3.74. The number of halogens is 3. The van der Waals surface area contributed by atoms with Crippen LogP contribution in [0.1, 0.15) is 40.2 Å². The molecule has 0 saturated carbocycles. The van der Waals surface area contributed by atoms with E-state index in [0.717, 1.165) is 29.9 Å². The number of ether oxygens (including phenoxy) is 1. The van der Waals surface area contributed by atoms with E-state index >= 15 is 0 Å². The minimum Gasteiger partial charge on any atom is -0.376 e. The fourth-order valence-corrected chi connectivity index (χ4v) is 3.74. The molecule has 2 heterocycles. The number of aliphatic imine (C=N–C) groups is 1. The molecule has 8 heteroatoms. The van der Waals surface area contributed by atoms with E-state index in [0.29, 0.717) is 18.7 Å². The first-order valence-electron chi connectivity index (χ1n) is 9.62. The van der Waals surface area contributed by atoms with Crippen LogP contribution in [0.25, 0.3) is 0 Å². The lowest BCUT2D eigenvalue weighted by Gasteiger charge is -2.31. The van der Waals surface area contributed by atoms with Gasteiger partial charge in [0.2, 0.25) is 5.91 Å². The highest BCUT2D eigenvalue weighted by molar-refractivity contribution is 6.29. The number of alkyl halides is 3. The molecule has 2 aliphatic heterocycles. The molecule has 4 rings (SSSR count). The molecule has 0 N–H and O–H groups in total. The van der Waals surface area contributed by atoms with Gasteiger partial charge in [0.05, 0.1) is 29.8 Å². The zero-order chi connectivity index (χ0) is 21.3. The summed E-state index contributed by atoms with van der Waals surface area (Å²) >= 11 is 0. The first kappa shape index (κ1) is 20.3. The molecule has 2 atom stereocenters. The molecule has 5 nitrogen and oxygen atoms in total. The maximum absolute atomic E-state index is 13.2. The molecular weight excluding hydrogens is 397 g/mol. The van der Waals surface area contributed by atoms with Gasteiger partial charge in [0.1, 0.15) is 0 Å². The average Bonchev–Trinajstić information content (AvgIpc) is 3.24. The molecule has 30 heavy (non-hydrogen) atoms. The Bertz CT molecular complexity index is 997. The van der Waals surface area contributed by atoms with Crippen molar-refractivity contribution >= 4 is 23.7 Å². The van der Waals surface area contributed by atoms with Gasteiger partial charge in [-0.1, -0.05) is 24.3 Å². The monoisotopic (exact) mass is 416 g/mol. The van der Waals surface area contributed by atoms with Gasteiger partial charge in [0.25, 0.3) is 5.91 Å². The number of carbonyl (C=O) groups is 2. The highest BCUT2D eigenvalue weighted by Crippen LogP contribution is 2.35. The second kappa shape index (κ2) is 8.02. The number of carbonyl (C=O) groups excluding carboxylic acids is 2. The summed E-state index contributed by atoms with van der Waals surface area (Å²) in [5.74, 6) is -2.15. The Kier molecular flexibility index (Phi) is 5.42. The number of rotatable bonds is 4. The Morgan fingerprint density at radius 1 is 1.13 bits per heavy atom. The molecule has 2 aliphatic rings. The van der Waals surface area contributed by atoms with Crippen molar-refractivity contribution in [1.82, 2.24) is 0 Å². The molecule has 0 aliphatic carbocycles. The van der Waals surface area contributed by atoms with Crippen LogP contribution in [0.4, 0.5) is 18.9 Å². The van der Waals surface area contributed by atoms with Gasteiger partial charge in [0.15, 0.2) is 0 Å². The zero-order valence-electron chi connectivity index (χ0n) is 15.9. The van der Waals surface area contributed by atoms with Crippen LogP contribution in [-0.2, 0) is 15.7 Å². The topological polar surface area (TPSA) is 59.0 Å². The van der Waals surface area contributed by atoms with Crippen LogP contribution in [0.2, 0.25) is 0 Å². The van der Waals surface area contributed by atoms with Crippen LogP contribution in [0, 0.1) is 0 Å². The first-order chi connectivity index (χ1) is 14.4. The largest absolute Gasteiger partial charge is 0.416 e. The Labute approximate surface area is 171 Å². The summed E-state index contributed by atoms with van der Waals surface area (Å²) in [5, 5.41) is 0. The summed E-state index contributed by atoms with van der Waals surface area (Å²) < 4.78 is 44.9. The lowest BCUT2D eigenvalue weighted by atomic mass is 9.88. The average molecular weight is 416 g/mol. The summed E-state index contributed by atoms with van der Waals surface area (Å²) in [7, 11) is 0. The number of amides is 2. The number of nitrogens with zero attached hydrogens (tertiary/aromatic N) is 2. The summed E-state index contributed by atoms with van der Waals surface area (Å²) in [6, 6.07) is 10.8. The van der Waals surface area contributed by atoms with E-state index in [-0.39, 0.29) is 17.4 Å². The van der Waals surface area contributed by atoms with Gasteiger partial charge in [-0.15, -0.1) is 0 Å². The number of anilines is 1. The highest BCUT2D eigenvalue weighted by Gasteiger charge is 2.40. The van der Waals surface area contributed by atoms with E-state index in [1.165, 1.54) is 18.3 Å². The predicted octanol–water partition coefficient (Wildman–Crippen LogP) is 4.23. The van der Waals surface area contributed by atoms with E-state index in [1.807, 2.05) is 0 Å². The van der Waals surface area contributed by atoms with Crippen LogP contribution < -0.4 is 4.90 Å². The number of fused-ring (bicyclic) bond motifs is 1. The molecule has 0 bridgehead atoms. The molecule has 0 unspecified atom stereocenters. The summed E-state index contributed by atoms with van der Waals surface area (Å²) in [6.07, 6.45) is -1.27. The lowest BCUT2D eigenvalue weighted by molar-refractivity contribution is -0.137. The third-order valence-corrected chi connectivity index (χ3v) is 5.23. The van der Waals surface area contributed by atoms with Crippen molar-refractivity contribution in [2.24, 2.45) is 4.99 Å². The fraction of sp³-hybridized carbons (Fsp3) is 0.318. The van der Waals surface area contributed by atoms with Gasteiger partial charge in [0, 0.05) is 18.4 Å². The SMILES string of the molecule is O=C1c2ccccc2[C@H](C=NC[C@@H]2CCCO2)C(=O)N1c1cccc(C(F)(F)F)c1. The van der Waals surface area contributed by atoms with Gasteiger partial charge < -0.3 is 4.74 Å². The minimum absolute atomic E-state index is 0.00334. The normalized spacial score (nSPS) is 22.0. The van der Waals surface area contributed by atoms with Crippen LogP contribution in [0.5, 0.6) is 0 Å². The number of hydrogen-bond acceptors (Lipinski definition) is 4. The summed E-state index contributed by atoms with van der Waals surface area (Å²) in [4.78, 5) is 31.3. The molecule has 2 aromatic rings. The predicted molar refractivity (Wildman–Crippen MR) is 105 cm³/mol. The molecule has 0 aromatic heterocycles. The van der Waals surface area contributed by atoms with E-state index < -0.39 is 29.5 Å². The third-order valence-electron chi connectivity index (χ3n) is 5.23. The van der Waals surface area contributed by atoms with Crippen LogP contribution >= 0.6 is 0 Å². The Morgan fingerprint density at radius 3 is 2.67 bits per heavy atom. The van der Waals surface area contributed by atoms with Crippen molar-refractivity contribution < 1.29 is 27.5 Å². The van der Waals surface area contributed by atoms with Crippen molar-refractivity contribution in [3.63, 3.8) is 0 Å². The molecule has 156 valence electrons. The summed E-state index contributed by atoms with van der Waals surface area (Å²) in [5.41, 5.74) is -0.287. The van der Waals surface area contributed by atoms with Gasteiger partial charge in [-0.3, -0.25) is 14.6 Å². The quantitative estimate of drug-likeness (QED) is 0.554. The number of imide groups is 1. The molecule has 0 radical (unpaired) electrons. The van der Waals surface area contributed by atoms with Crippen molar-refractivity contribution in [1.29, 1.82) is 0 Å². The molecule has 2 aromatic carbocycles. The molecule has 1 fully saturated rings. The highest BCUT2D eigenvalue weighted by atomic mass is 19.4. The van der Waals surface area contributed by atoms with Gasteiger partial charge >= 0.3 is 6.18 Å². The Balaban J connectivity index is 1.70. The van der Waals surface area contributed by atoms with E-state index in [9.17, 15) is 22.8 Å². The smallest absolute Gasteiger partial charge is 0.376 e. The van der Waals surface area contributed by atoms with E-state index in [4.69, 9.17) is 4.74 Å². The van der Waals surface area contributed by atoms with Crippen LogP contribution in [0.3, 0.4) is 0 Å².